The second kappa shape index (κ2) is 10.1. The Kier molecular flexibility index (Phi) is 7.51. The number of benzene rings is 2. The third kappa shape index (κ3) is 6.49. The number of amides is 3. The standard InChI is InChI=1S/C19H20ClN3O3/c1-2-10-21-18(24)14-6-8-16(9-7-14)23-19(25)22-11-12-26-17-5-3-4-15(20)13-17/h2-9,13H,1,10-12H2,(H,21,24)(H2,22,23,25). The molecule has 3 amide bonds. The predicted octanol–water partition coefficient (Wildman–Crippen LogP) is 3.46. The lowest BCUT2D eigenvalue weighted by atomic mass is 10.2. The molecule has 26 heavy (non-hydrogen) atoms. The molecule has 0 aliphatic heterocycles. The van der Waals surface area contributed by atoms with Gasteiger partial charge in [-0.25, -0.2) is 4.79 Å². The van der Waals surface area contributed by atoms with Gasteiger partial charge in [-0.3, -0.25) is 4.79 Å². The zero-order valence-electron chi connectivity index (χ0n) is 14.1. The minimum atomic E-state index is -0.358. The van der Waals surface area contributed by atoms with Crippen LogP contribution in [-0.4, -0.2) is 31.6 Å². The molecule has 0 spiro atoms. The van der Waals surface area contributed by atoms with Crippen molar-refractivity contribution >= 4 is 29.2 Å². The van der Waals surface area contributed by atoms with Gasteiger partial charge in [0.1, 0.15) is 12.4 Å². The second-order valence-electron chi connectivity index (χ2n) is 5.26. The normalized spacial score (nSPS) is 9.88. The third-order valence-corrected chi connectivity index (χ3v) is 3.50. The van der Waals surface area contributed by atoms with Gasteiger partial charge in [0.25, 0.3) is 5.91 Å². The van der Waals surface area contributed by atoms with Crippen molar-refractivity contribution in [2.75, 3.05) is 25.0 Å². The van der Waals surface area contributed by atoms with Crippen LogP contribution >= 0.6 is 11.6 Å². The monoisotopic (exact) mass is 373 g/mol. The summed E-state index contributed by atoms with van der Waals surface area (Å²) in [6.07, 6.45) is 1.61. The predicted molar refractivity (Wildman–Crippen MR) is 103 cm³/mol. The van der Waals surface area contributed by atoms with Crippen molar-refractivity contribution < 1.29 is 14.3 Å². The first-order chi connectivity index (χ1) is 12.6. The number of hydrogen-bond donors (Lipinski definition) is 3. The lowest BCUT2D eigenvalue weighted by Gasteiger charge is -2.10. The third-order valence-electron chi connectivity index (χ3n) is 3.26. The summed E-state index contributed by atoms with van der Waals surface area (Å²) in [4.78, 5) is 23.6. The lowest BCUT2D eigenvalue weighted by Crippen LogP contribution is -2.32. The van der Waals surface area contributed by atoms with E-state index in [1.54, 1.807) is 54.6 Å². The Morgan fingerprint density at radius 3 is 2.58 bits per heavy atom. The fraction of sp³-hybridized carbons (Fsp3) is 0.158. The van der Waals surface area contributed by atoms with Crippen LogP contribution < -0.4 is 20.7 Å². The molecule has 2 rings (SSSR count). The molecule has 2 aromatic carbocycles. The molecule has 0 aromatic heterocycles. The van der Waals surface area contributed by atoms with E-state index < -0.39 is 0 Å². The highest BCUT2D eigenvalue weighted by Crippen LogP contribution is 2.16. The molecule has 136 valence electrons. The Balaban J connectivity index is 1.72. The quantitative estimate of drug-likeness (QED) is 0.489. The number of urea groups is 1. The molecule has 0 heterocycles. The number of ether oxygens (including phenoxy) is 1. The van der Waals surface area contributed by atoms with Crippen LogP contribution in [0.15, 0.2) is 61.2 Å². The topological polar surface area (TPSA) is 79.5 Å². The summed E-state index contributed by atoms with van der Waals surface area (Å²) in [5.41, 5.74) is 1.09. The molecule has 0 aliphatic rings. The van der Waals surface area contributed by atoms with Gasteiger partial charge in [-0.1, -0.05) is 23.7 Å². The molecule has 0 fully saturated rings. The highest BCUT2D eigenvalue weighted by molar-refractivity contribution is 6.30. The number of hydrogen-bond acceptors (Lipinski definition) is 3. The first-order valence-electron chi connectivity index (χ1n) is 8.01. The number of nitrogens with one attached hydrogen (secondary N) is 3. The summed E-state index contributed by atoms with van der Waals surface area (Å²) in [5.74, 6) is 0.448. The van der Waals surface area contributed by atoms with Crippen molar-refractivity contribution in [2.24, 2.45) is 0 Å². The summed E-state index contributed by atoms with van der Waals surface area (Å²) in [6.45, 7) is 4.59. The van der Waals surface area contributed by atoms with Crippen LogP contribution in [0.5, 0.6) is 5.75 Å². The number of carbonyl (C=O) groups is 2. The molecule has 0 unspecified atom stereocenters. The SMILES string of the molecule is C=CCNC(=O)c1ccc(NC(=O)NCCOc2cccc(Cl)c2)cc1. The van der Waals surface area contributed by atoms with Crippen LogP contribution in [0.4, 0.5) is 10.5 Å². The summed E-state index contributed by atoms with van der Waals surface area (Å²) >= 11 is 5.86. The van der Waals surface area contributed by atoms with E-state index in [1.165, 1.54) is 0 Å². The van der Waals surface area contributed by atoms with Gasteiger partial charge in [-0.2, -0.15) is 0 Å². The van der Waals surface area contributed by atoms with Gasteiger partial charge in [-0.05, 0) is 42.5 Å². The first kappa shape index (κ1) is 19.3. The zero-order chi connectivity index (χ0) is 18.8. The molecule has 0 bridgehead atoms. The molecular formula is C19H20ClN3O3. The van der Waals surface area contributed by atoms with Crippen LogP contribution in [0.25, 0.3) is 0 Å². The fourth-order valence-electron chi connectivity index (χ4n) is 2.04. The Morgan fingerprint density at radius 2 is 1.88 bits per heavy atom. The number of carbonyl (C=O) groups excluding carboxylic acids is 2. The first-order valence-corrected chi connectivity index (χ1v) is 8.38. The van der Waals surface area contributed by atoms with Gasteiger partial charge in [0.05, 0.1) is 6.54 Å². The van der Waals surface area contributed by atoms with Crippen molar-refractivity contribution in [2.45, 2.75) is 0 Å². The van der Waals surface area contributed by atoms with E-state index in [9.17, 15) is 9.59 Å². The minimum absolute atomic E-state index is 0.195. The highest BCUT2D eigenvalue weighted by Gasteiger charge is 2.05. The van der Waals surface area contributed by atoms with Crippen molar-refractivity contribution in [1.29, 1.82) is 0 Å². The molecule has 2 aromatic rings. The Hall–Kier alpha value is -2.99. The maximum Gasteiger partial charge on any atom is 0.319 e. The summed E-state index contributed by atoms with van der Waals surface area (Å²) < 4.78 is 5.48. The Bertz CT molecular complexity index is 763. The van der Waals surface area contributed by atoms with Crippen LogP contribution in [0.2, 0.25) is 5.02 Å². The molecule has 0 saturated heterocycles. The van der Waals surface area contributed by atoms with Gasteiger partial charge >= 0.3 is 6.03 Å². The van der Waals surface area contributed by atoms with Gasteiger partial charge in [0.2, 0.25) is 0 Å². The van der Waals surface area contributed by atoms with E-state index in [4.69, 9.17) is 16.3 Å². The summed E-state index contributed by atoms with van der Waals surface area (Å²) in [6, 6.07) is 13.3. The fourth-order valence-corrected chi connectivity index (χ4v) is 2.22. The smallest absolute Gasteiger partial charge is 0.319 e. The maximum absolute atomic E-state index is 11.8. The van der Waals surface area contributed by atoms with Crippen LogP contribution in [0.3, 0.4) is 0 Å². The van der Waals surface area contributed by atoms with Gasteiger partial charge in [0, 0.05) is 22.8 Å². The maximum atomic E-state index is 11.8. The average Bonchev–Trinajstić information content (AvgIpc) is 2.64. The molecular weight excluding hydrogens is 354 g/mol. The largest absolute Gasteiger partial charge is 0.492 e. The molecule has 0 aliphatic carbocycles. The second-order valence-corrected chi connectivity index (χ2v) is 5.70. The van der Waals surface area contributed by atoms with E-state index in [2.05, 4.69) is 22.5 Å². The minimum Gasteiger partial charge on any atom is -0.492 e. The van der Waals surface area contributed by atoms with Crippen molar-refractivity contribution in [1.82, 2.24) is 10.6 Å². The molecule has 0 saturated carbocycles. The van der Waals surface area contributed by atoms with Crippen molar-refractivity contribution in [3.05, 3.63) is 71.8 Å². The van der Waals surface area contributed by atoms with E-state index >= 15 is 0 Å². The van der Waals surface area contributed by atoms with Gasteiger partial charge in [0.15, 0.2) is 0 Å². The lowest BCUT2D eigenvalue weighted by molar-refractivity contribution is 0.0958. The summed E-state index contributed by atoms with van der Waals surface area (Å²) in [7, 11) is 0. The van der Waals surface area contributed by atoms with E-state index in [-0.39, 0.29) is 11.9 Å². The molecule has 0 radical (unpaired) electrons. The van der Waals surface area contributed by atoms with Crippen molar-refractivity contribution in [3.63, 3.8) is 0 Å². The van der Waals surface area contributed by atoms with Crippen LogP contribution in [0.1, 0.15) is 10.4 Å². The molecule has 0 atom stereocenters. The van der Waals surface area contributed by atoms with Gasteiger partial charge < -0.3 is 20.7 Å². The number of anilines is 1. The molecule has 7 heteroatoms. The average molecular weight is 374 g/mol. The molecule has 6 nitrogen and oxygen atoms in total. The summed E-state index contributed by atoms with van der Waals surface area (Å²) in [5, 5.41) is 8.64. The Labute approximate surface area is 157 Å². The van der Waals surface area contributed by atoms with E-state index in [0.717, 1.165) is 0 Å². The number of rotatable bonds is 8. The van der Waals surface area contributed by atoms with E-state index in [1.807, 2.05) is 0 Å². The number of halogens is 1. The van der Waals surface area contributed by atoms with Crippen LogP contribution in [0, 0.1) is 0 Å². The van der Waals surface area contributed by atoms with Crippen molar-refractivity contribution in [3.8, 4) is 5.75 Å². The van der Waals surface area contributed by atoms with E-state index in [0.29, 0.717) is 41.7 Å². The zero-order valence-corrected chi connectivity index (χ0v) is 14.9. The molecule has 3 N–H and O–H groups in total. The highest BCUT2D eigenvalue weighted by atomic mass is 35.5. The Morgan fingerprint density at radius 1 is 1.12 bits per heavy atom. The van der Waals surface area contributed by atoms with Crippen LogP contribution in [-0.2, 0) is 0 Å². The van der Waals surface area contributed by atoms with Gasteiger partial charge in [-0.15, -0.1) is 6.58 Å².